The molecule has 0 aliphatic heterocycles. The van der Waals surface area contributed by atoms with Crippen LogP contribution in [-0.4, -0.2) is 34.8 Å². The van der Waals surface area contributed by atoms with Crippen LogP contribution in [0, 0.1) is 11.3 Å². The van der Waals surface area contributed by atoms with Gasteiger partial charge in [0.2, 0.25) is 5.91 Å². The minimum atomic E-state index is -0.492. The highest BCUT2D eigenvalue weighted by Crippen LogP contribution is 2.31. The topological polar surface area (TPSA) is 97.1 Å². The molecule has 0 fully saturated rings. The van der Waals surface area contributed by atoms with Crippen molar-refractivity contribution in [2.24, 2.45) is 0 Å². The molecule has 182 valence electrons. The molecule has 0 radical (unpaired) electrons. The summed E-state index contributed by atoms with van der Waals surface area (Å²) >= 11 is 2.60. The standard InChI is InChI=1S/C27H24N4O3S2/c1-4-34-22-12-7-19(8-13-22)24-16-35-27(30-24)31-25(32)17(2)36-26-20(15-28)9-14-23(29-26)18-5-10-21(33-3)11-6-18/h5-14,16-17H,4H2,1-3H3,(H,30,31,32). The number of nitriles is 1. The number of nitrogens with zero attached hydrogens (tertiary/aromatic N) is 3. The molecule has 0 spiro atoms. The van der Waals surface area contributed by atoms with Gasteiger partial charge in [0, 0.05) is 16.5 Å². The van der Waals surface area contributed by atoms with Gasteiger partial charge in [0.15, 0.2) is 5.13 Å². The second-order valence-electron chi connectivity index (χ2n) is 7.63. The zero-order valence-corrected chi connectivity index (χ0v) is 21.7. The zero-order chi connectivity index (χ0) is 25.5. The van der Waals surface area contributed by atoms with Crippen molar-refractivity contribution in [3.63, 3.8) is 0 Å². The Bertz CT molecular complexity index is 1380. The van der Waals surface area contributed by atoms with E-state index in [1.807, 2.05) is 60.8 Å². The van der Waals surface area contributed by atoms with Crippen LogP contribution in [0.4, 0.5) is 5.13 Å². The van der Waals surface area contributed by atoms with Crippen LogP contribution in [0.1, 0.15) is 19.4 Å². The van der Waals surface area contributed by atoms with Crippen molar-refractivity contribution in [1.29, 1.82) is 5.26 Å². The van der Waals surface area contributed by atoms with Crippen molar-refractivity contribution in [1.82, 2.24) is 9.97 Å². The van der Waals surface area contributed by atoms with Gasteiger partial charge in [0.1, 0.15) is 22.6 Å². The number of anilines is 1. The van der Waals surface area contributed by atoms with Crippen LogP contribution < -0.4 is 14.8 Å². The van der Waals surface area contributed by atoms with Crippen LogP contribution in [0.15, 0.2) is 71.1 Å². The molecule has 2 heterocycles. The summed E-state index contributed by atoms with van der Waals surface area (Å²) in [5, 5.41) is 14.9. The molecule has 0 aliphatic carbocycles. The number of thioether (sulfide) groups is 1. The number of carbonyl (C=O) groups is 1. The Morgan fingerprint density at radius 2 is 1.69 bits per heavy atom. The number of ether oxygens (including phenoxy) is 2. The molecule has 2 aromatic heterocycles. The number of carbonyl (C=O) groups excluding carboxylic acids is 1. The Balaban J connectivity index is 1.44. The Kier molecular flexibility index (Phi) is 8.21. The molecular weight excluding hydrogens is 492 g/mol. The molecule has 7 nitrogen and oxygen atoms in total. The van der Waals surface area contributed by atoms with E-state index < -0.39 is 5.25 Å². The average molecular weight is 517 g/mol. The monoisotopic (exact) mass is 516 g/mol. The number of hydrogen-bond acceptors (Lipinski definition) is 8. The van der Waals surface area contributed by atoms with Gasteiger partial charge in [-0.3, -0.25) is 4.79 Å². The molecule has 0 aliphatic rings. The molecule has 36 heavy (non-hydrogen) atoms. The number of aromatic nitrogens is 2. The lowest BCUT2D eigenvalue weighted by Crippen LogP contribution is -2.22. The van der Waals surface area contributed by atoms with E-state index in [1.54, 1.807) is 26.2 Å². The number of benzene rings is 2. The minimum absolute atomic E-state index is 0.215. The summed E-state index contributed by atoms with van der Waals surface area (Å²) in [5.41, 5.74) is 3.74. The van der Waals surface area contributed by atoms with Gasteiger partial charge < -0.3 is 14.8 Å². The maximum atomic E-state index is 12.9. The van der Waals surface area contributed by atoms with Gasteiger partial charge in [-0.2, -0.15) is 5.26 Å². The zero-order valence-electron chi connectivity index (χ0n) is 20.0. The normalized spacial score (nSPS) is 11.4. The first-order chi connectivity index (χ1) is 17.5. The van der Waals surface area contributed by atoms with Gasteiger partial charge in [-0.25, -0.2) is 9.97 Å². The fourth-order valence-corrected chi connectivity index (χ4v) is 4.93. The molecule has 0 saturated carbocycles. The largest absolute Gasteiger partial charge is 0.497 e. The summed E-state index contributed by atoms with van der Waals surface area (Å²) in [6, 6.07) is 20.9. The lowest BCUT2D eigenvalue weighted by Gasteiger charge is -2.12. The fraction of sp³-hybridized carbons (Fsp3) is 0.185. The average Bonchev–Trinajstić information content (AvgIpc) is 3.37. The van der Waals surface area contributed by atoms with E-state index in [-0.39, 0.29) is 5.91 Å². The van der Waals surface area contributed by atoms with Crippen LogP contribution >= 0.6 is 23.1 Å². The number of nitrogens with one attached hydrogen (secondary N) is 1. The first-order valence-corrected chi connectivity index (χ1v) is 13.0. The predicted octanol–water partition coefficient (Wildman–Crippen LogP) is 6.27. The number of thiazole rings is 1. The van der Waals surface area contributed by atoms with Crippen molar-refractivity contribution in [3.8, 4) is 40.1 Å². The minimum Gasteiger partial charge on any atom is -0.497 e. The Hall–Kier alpha value is -3.87. The summed E-state index contributed by atoms with van der Waals surface area (Å²) < 4.78 is 10.7. The summed E-state index contributed by atoms with van der Waals surface area (Å²) in [6.07, 6.45) is 0. The van der Waals surface area contributed by atoms with Gasteiger partial charge >= 0.3 is 0 Å². The lowest BCUT2D eigenvalue weighted by atomic mass is 10.1. The quantitative estimate of drug-likeness (QED) is 0.262. The van der Waals surface area contributed by atoms with Crippen molar-refractivity contribution in [3.05, 3.63) is 71.6 Å². The molecule has 1 atom stereocenters. The first-order valence-electron chi connectivity index (χ1n) is 11.2. The van der Waals surface area contributed by atoms with Crippen LogP contribution in [0.3, 0.4) is 0 Å². The van der Waals surface area contributed by atoms with Gasteiger partial charge in [-0.15, -0.1) is 11.3 Å². The lowest BCUT2D eigenvalue weighted by molar-refractivity contribution is -0.115. The number of pyridine rings is 1. The summed E-state index contributed by atoms with van der Waals surface area (Å²) in [7, 11) is 1.61. The molecular formula is C27H24N4O3S2. The highest BCUT2D eigenvalue weighted by atomic mass is 32.2. The van der Waals surface area contributed by atoms with Gasteiger partial charge in [0.25, 0.3) is 0 Å². The summed E-state index contributed by atoms with van der Waals surface area (Å²) in [5.74, 6) is 1.34. The third kappa shape index (κ3) is 6.03. The molecule has 0 bridgehead atoms. The van der Waals surface area contributed by atoms with Crippen molar-refractivity contribution < 1.29 is 14.3 Å². The van der Waals surface area contributed by atoms with Crippen LogP contribution in [0.5, 0.6) is 11.5 Å². The third-order valence-corrected chi connectivity index (χ3v) is 7.08. The van der Waals surface area contributed by atoms with Crippen LogP contribution in [0.25, 0.3) is 22.5 Å². The second kappa shape index (κ2) is 11.7. The molecule has 1 unspecified atom stereocenters. The summed E-state index contributed by atoms with van der Waals surface area (Å²) in [6.45, 7) is 4.33. The number of rotatable bonds is 9. The fourth-order valence-electron chi connectivity index (χ4n) is 3.32. The maximum Gasteiger partial charge on any atom is 0.239 e. The molecule has 1 amide bonds. The third-order valence-electron chi connectivity index (χ3n) is 5.22. The van der Waals surface area contributed by atoms with Crippen molar-refractivity contribution in [2.45, 2.75) is 24.1 Å². The van der Waals surface area contributed by atoms with Gasteiger partial charge in [-0.05, 0) is 74.5 Å². The van der Waals surface area contributed by atoms with E-state index in [2.05, 4.69) is 21.4 Å². The van der Waals surface area contributed by atoms with E-state index in [9.17, 15) is 10.1 Å². The van der Waals surface area contributed by atoms with E-state index >= 15 is 0 Å². The molecule has 4 aromatic rings. The number of amides is 1. The summed E-state index contributed by atoms with van der Waals surface area (Å²) in [4.78, 5) is 22.1. The van der Waals surface area contributed by atoms with Gasteiger partial charge in [-0.1, -0.05) is 11.8 Å². The number of methoxy groups -OCH3 is 1. The van der Waals surface area contributed by atoms with Crippen LogP contribution in [0.2, 0.25) is 0 Å². The maximum absolute atomic E-state index is 12.9. The predicted molar refractivity (Wildman–Crippen MR) is 144 cm³/mol. The van der Waals surface area contributed by atoms with E-state index in [0.717, 1.165) is 28.3 Å². The molecule has 9 heteroatoms. The van der Waals surface area contributed by atoms with Crippen molar-refractivity contribution >= 4 is 34.1 Å². The Morgan fingerprint density at radius 3 is 2.33 bits per heavy atom. The highest BCUT2D eigenvalue weighted by molar-refractivity contribution is 8.00. The number of hydrogen-bond donors (Lipinski definition) is 1. The van der Waals surface area contributed by atoms with Gasteiger partial charge in [0.05, 0.1) is 35.9 Å². The van der Waals surface area contributed by atoms with E-state index in [1.165, 1.54) is 23.1 Å². The first kappa shape index (κ1) is 25.2. The van der Waals surface area contributed by atoms with Crippen molar-refractivity contribution in [2.75, 3.05) is 19.0 Å². The molecule has 2 aromatic carbocycles. The smallest absolute Gasteiger partial charge is 0.239 e. The Morgan fingerprint density at radius 1 is 1.03 bits per heavy atom. The van der Waals surface area contributed by atoms with E-state index in [4.69, 9.17) is 9.47 Å². The molecule has 0 saturated heterocycles. The SMILES string of the molecule is CCOc1ccc(-c2csc(NC(=O)C(C)Sc3nc(-c4ccc(OC)cc4)ccc3C#N)n2)cc1. The second-order valence-corrected chi connectivity index (χ2v) is 9.82. The van der Waals surface area contributed by atoms with Crippen LogP contribution in [-0.2, 0) is 4.79 Å². The Labute approximate surface area is 218 Å². The molecule has 4 rings (SSSR count). The molecule has 1 N–H and O–H groups in total. The van der Waals surface area contributed by atoms with E-state index in [0.29, 0.717) is 28.0 Å². The highest BCUT2D eigenvalue weighted by Gasteiger charge is 2.19.